The molecule has 1 fully saturated rings. The van der Waals surface area contributed by atoms with Crippen molar-refractivity contribution in [3.8, 4) is 12.3 Å². The molecule has 0 amide bonds. The molecule has 0 saturated heterocycles. The summed E-state index contributed by atoms with van der Waals surface area (Å²) in [4.78, 5) is 0. The highest BCUT2D eigenvalue weighted by Crippen LogP contribution is 2.24. The third-order valence-electron chi connectivity index (χ3n) is 2.83. The first-order valence-corrected chi connectivity index (χ1v) is 5.61. The molecule has 1 saturated carbocycles. The van der Waals surface area contributed by atoms with Gasteiger partial charge in [-0.2, -0.15) is 0 Å². The van der Waals surface area contributed by atoms with Gasteiger partial charge in [-0.15, -0.1) is 12.3 Å². The molecule has 1 N–H and O–H groups in total. The van der Waals surface area contributed by atoms with E-state index >= 15 is 0 Å². The van der Waals surface area contributed by atoms with Gasteiger partial charge < -0.3 is 10.1 Å². The van der Waals surface area contributed by atoms with Crippen molar-refractivity contribution in [3.05, 3.63) is 0 Å². The van der Waals surface area contributed by atoms with Gasteiger partial charge in [-0.3, -0.25) is 0 Å². The van der Waals surface area contributed by atoms with E-state index in [-0.39, 0.29) is 0 Å². The minimum Gasteiger partial charge on any atom is -0.378 e. The van der Waals surface area contributed by atoms with Gasteiger partial charge in [-0.1, -0.05) is 6.92 Å². The Morgan fingerprint density at radius 1 is 1.50 bits per heavy atom. The van der Waals surface area contributed by atoms with E-state index in [1.807, 2.05) is 6.92 Å². The number of rotatable bonds is 6. The molecule has 1 unspecified atom stereocenters. The Kier molecular flexibility index (Phi) is 5.00. The lowest BCUT2D eigenvalue weighted by Crippen LogP contribution is -2.49. The molecule has 1 aliphatic rings. The zero-order chi connectivity index (χ0) is 10.4. The van der Waals surface area contributed by atoms with Crippen LogP contribution in [0.15, 0.2) is 0 Å². The van der Waals surface area contributed by atoms with Crippen LogP contribution in [0.5, 0.6) is 0 Å². The molecule has 1 rings (SSSR count). The summed E-state index contributed by atoms with van der Waals surface area (Å²) in [5.41, 5.74) is 0. The lowest BCUT2D eigenvalue weighted by atomic mass is 9.88. The van der Waals surface area contributed by atoms with Crippen molar-refractivity contribution in [2.45, 2.75) is 57.7 Å². The number of hydrogen-bond donors (Lipinski definition) is 1. The maximum absolute atomic E-state index is 5.50. The highest BCUT2D eigenvalue weighted by Gasteiger charge is 2.30. The molecule has 80 valence electrons. The smallest absolute Gasteiger partial charge is 0.0604 e. The predicted octanol–water partition coefficient (Wildman–Crippen LogP) is 1.95. The Labute approximate surface area is 87.4 Å². The van der Waals surface area contributed by atoms with Gasteiger partial charge in [0.2, 0.25) is 0 Å². The number of ether oxygens (including phenoxy) is 1. The molecular formula is C12H21NO. The third-order valence-corrected chi connectivity index (χ3v) is 2.83. The monoisotopic (exact) mass is 195 g/mol. The predicted molar refractivity (Wildman–Crippen MR) is 59.1 cm³/mol. The molecule has 1 aliphatic carbocycles. The maximum Gasteiger partial charge on any atom is 0.0604 e. The van der Waals surface area contributed by atoms with Crippen LogP contribution in [0.1, 0.15) is 39.5 Å². The van der Waals surface area contributed by atoms with Gasteiger partial charge in [-0.25, -0.2) is 0 Å². The van der Waals surface area contributed by atoms with Crippen molar-refractivity contribution >= 4 is 0 Å². The van der Waals surface area contributed by atoms with Crippen LogP contribution in [0.3, 0.4) is 0 Å². The number of terminal acetylenes is 1. The molecular weight excluding hydrogens is 174 g/mol. The number of hydrogen-bond acceptors (Lipinski definition) is 2. The first kappa shape index (κ1) is 11.6. The lowest BCUT2D eigenvalue weighted by molar-refractivity contribution is -0.0123. The molecule has 0 spiro atoms. The van der Waals surface area contributed by atoms with Gasteiger partial charge in [0.1, 0.15) is 0 Å². The van der Waals surface area contributed by atoms with E-state index in [0.29, 0.717) is 18.2 Å². The topological polar surface area (TPSA) is 21.3 Å². The van der Waals surface area contributed by atoms with Crippen LogP contribution in [0.2, 0.25) is 0 Å². The summed E-state index contributed by atoms with van der Waals surface area (Å²) in [6.45, 7) is 5.06. The Morgan fingerprint density at radius 3 is 2.71 bits per heavy atom. The Balaban J connectivity index is 2.11. The second kappa shape index (κ2) is 6.06. The van der Waals surface area contributed by atoms with E-state index in [1.165, 1.54) is 0 Å². The molecule has 2 heteroatoms. The highest BCUT2D eigenvalue weighted by molar-refractivity contribution is 4.93. The van der Waals surface area contributed by atoms with E-state index in [0.717, 1.165) is 32.3 Å². The zero-order valence-electron chi connectivity index (χ0n) is 9.25. The zero-order valence-corrected chi connectivity index (χ0v) is 9.25. The van der Waals surface area contributed by atoms with Crippen LogP contribution in [0.4, 0.5) is 0 Å². The van der Waals surface area contributed by atoms with Gasteiger partial charge in [0.15, 0.2) is 0 Å². The molecule has 0 aliphatic heterocycles. The van der Waals surface area contributed by atoms with Gasteiger partial charge in [0.25, 0.3) is 0 Å². The fraction of sp³-hybridized carbons (Fsp3) is 0.833. The van der Waals surface area contributed by atoms with E-state index < -0.39 is 0 Å². The second-order valence-corrected chi connectivity index (χ2v) is 3.93. The fourth-order valence-electron chi connectivity index (χ4n) is 1.87. The summed E-state index contributed by atoms with van der Waals surface area (Å²) in [7, 11) is 0. The lowest BCUT2D eigenvalue weighted by Gasteiger charge is -2.37. The van der Waals surface area contributed by atoms with E-state index in [9.17, 15) is 0 Å². The molecule has 0 radical (unpaired) electrons. The van der Waals surface area contributed by atoms with Crippen LogP contribution in [0, 0.1) is 12.3 Å². The van der Waals surface area contributed by atoms with E-state index in [1.54, 1.807) is 0 Å². The van der Waals surface area contributed by atoms with Crippen molar-refractivity contribution in [1.29, 1.82) is 0 Å². The van der Waals surface area contributed by atoms with Crippen LogP contribution in [0.25, 0.3) is 0 Å². The SMILES string of the molecule is C#CCC(CC)NC1CC(OCC)C1. The first-order chi connectivity index (χ1) is 6.80. The molecule has 1 atom stereocenters. The number of nitrogens with one attached hydrogen (secondary N) is 1. The Morgan fingerprint density at radius 2 is 2.21 bits per heavy atom. The van der Waals surface area contributed by atoms with Gasteiger partial charge in [0, 0.05) is 25.1 Å². The van der Waals surface area contributed by atoms with Crippen molar-refractivity contribution in [2.75, 3.05) is 6.61 Å². The summed E-state index contributed by atoms with van der Waals surface area (Å²) in [6.07, 6.45) is 10.0. The second-order valence-electron chi connectivity index (χ2n) is 3.93. The summed E-state index contributed by atoms with van der Waals surface area (Å²) in [5, 5.41) is 3.57. The molecule has 2 nitrogen and oxygen atoms in total. The standard InChI is InChI=1S/C12H21NO/c1-4-7-10(5-2)13-11-8-12(9-11)14-6-3/h1,10-13H,5-9H2,2-3H3. The average molecular weight is 195 g/mol. The van der Waals surface area contributed by atoms with Crippen LogP contribution in [-0.2, 0) is 4.74 Å². The van der Waals surface area contributed by atoms with E-state index in [2.05, 4.69) is 18.2 Å². The normalized spacial score (nSPS) is 27.8. The summed E-state index contributed by atoms with van der Waals surface area (Å²) in [5.74, 6) is 2.71. The minimum atomic E-state index is 0.487. The van der Waals surface area contributed by atoms with Crippen LogP contribution < -0.4 is 5.32 Å². The molecule has 0 heterocycles. The van der Waals surface area contributed by atoms with Crippen LogP contribution in [-0.4, -0.2) is 24.8 Å². The summed E-state index contributed by atoms with van der Waals surface area (Å²) < 4.78 is 5.50. The molecule has 0 aromatic heterocycles. The summed E-state index contributed by atoms with van der Waals surface area (Å²) >= 11 is 0. The third kappa shape index (κ3) is 3.32. The quantitative estimate of drug-likeness (QED) is 0.654. The average Bonchev–Trinajstić information content (AvgIpc) is 2.13. The fourth-order valence-corrected chi connectivity index (χ4v) is 1.87. The molecule has 0 bridgehead atoms. The Hall–Kier alpha value is -0.520. The first-order valence-electron chi connectivity index (χ1n) is 5.61. The van der Waals surface area contributed by atoms with Crippen molar-refractivity contribution < 1.29 is 4.74 Å². The molecule has 0 aromatic carbocycles. The van der Waals surface area contributed by atoms with Gasteiger partial charge in [-0.05, 0) is 26.2 Å². The van der Waals surface area contributed by atoms with Crippen molar-refractivity contribution in [2.24, 2.45) is 0 Å². The molecule has 14 heavy (non-hydrogen) atoms. The minimum absolute atomic E-state index is 0.487. The van der Waals surface area contributed by atoms with Crippen molar-refractivity contribution in [3.63, 3.8) is 0 Å². The largest absolute Gasteiger partial charge is 0.378 e. The van der Waals surface area contributed by atoms with Gasteiger partial charge in [0.05, 0.1) is 6.10 Å². The van der Waals surface area contributed by atoms with Crippen molar-refractivity contribution in [1.82, 2.24) is 5.32 Å². The maximum atomic E-state index is 5.50. The molecule has 0 aromatic rings. The van der Waals surface area contributed by atoms with E-state index in [4.69, 9.17) is 11.2 Å². The summed E-state index contributed by atoms with van der Waals surface area (Å²) in [6, 6.07) is 1.12. The van der Waals surface area contributed by atoms with Crippen LogP contribution >= 0.6 is 0 Å². The van der Waals surface area contributed by atoms with Gasteiger partial charge >= 0.3 is 0 Å². The Bertz CT molecular complexity index is 191. The highest BCUT2D eigenvalue weighted by atomic mass is 16.5.